The lowest BCUT2D eigenvalue weighted by molar-refractivity contribution is 0.171. The van der Waals surface area contributed by atoms with Crippen LogP contribution in [0.4, 0.5) is 0 Å². The maximum atomic E-state index is 8.95. The second-order valence-electron chi connectivity index (χ2n) is 7.42. The van der Waals surface area contributed by atoms with Crippen molar-refractivity contribution >= 4 is 29.9 Å². The molecule has 1 fully saturated rings. The number of benzene rings is 2. The Balaban J connectivity index is 0.00000363. The normalized spacial score (nSPS) is 14.3. The number of guanidine groups is 1. The van der Waals surface area contributed by atoms with Gasteiger partial charge in [0.25, 0.3) is 0 Å². The van der Waals surface area contributed by atoms with Gasteiger partial charge < -0.3 is 19.7 Å². The first-order valence-electron chi connectivity index (χ1n) is 10.6. The van der Waals surface area contributed by atoms with Crippen molar-refractivity contribution in [3.8, 4) is 17.6 Å². The third-order valence-electron chi connectivity index (χ3n) is 5.38. The van der Waals surface area contributed by atoms with Crippen LogP contribution in [0.15, 0.2) is 47.5 Å². The molecule has 172 valence electrons. The standard InChI is InChI=1S/C24H31N5O2.HI/c1-4-26-24(27-17-20-7-5-19(16-25)6-8-20)29-13-11-28(12-14-29)18-21-15-22(30-2)9-10-23(21)31-3;/h5-10,15H,4,11-14,17-18H2,1-3H3,(H,26,27);1H. The van der Waals surface area contributed by atoms with E-state index < -0.39 is 0 Å². The fourth-order valence-corrected chi connectivity index (χ4v) is 3.64. The van der Waals surface area contributed by atoms with Gasteiger partial charge in [-0.25, -0.2) is 4.99 Å². The fraction of sp³-hybridized carbons (Fsp3) is 0.417. The molecule has 3 rings (SSSR count). The molecule has 0 aliphatic carbocycles. The first kappa shape index (κ1) is 25.7. The number of hydrogen-bond donors (Lipinski definition) is 1. The Hall–Kier alpha value is -2.51. The molecule has 1 aliphatic rings. The summed E-state index contributed by atoms with van der Waals surface area (Å²) in [6, 6.07) is 15.7. The lowest BCUT2D eigenvalue weighted by atomic mass is 10.1. The average molecular weight is 549 g/mol. The maximum Gasteiger partial charge on any atom is 0.194 e. The SMILES string of the molecule is CCNC(=NCc1ccc(C#N)cc1)N1CCN(Cc2cc(OC)ccc2OC)CC1.I. The molecule has 2 aromatic carbocycles. The van der Waals surface area contributed by atoms with E-state index in [0.29, 0.717) is 12.1 Å². The van der Waals surface area contributed by atoms with Crippen LogP contribution in [0.25, 0.3) is 0 Å². The van der Waals surface area contributed by atoms with Crippen molar-refractivity contribution < 1.29 is 9.47 Å². The molecule has 1 aliphatic heterocycles. The molecule has 0 amide bonds. The summed E-state index contributed by atoms with van der Waals surface area (Å²) < 4.78 is 10.9. The zero-order valence-electron chi connectivity index (χ0n) is 19.0. The molecule has 2 aromatic rings. The van der Waals surface area contributed by atoms with E-state index in [-0.39, 0.29) is 24.0 Å². The summed E-state index contributed by atoms with van der Waals surface area (Å²) in [4.78, 5) is 9.56. The summed E-state index contributed by atoms with van der Waals surface area (Å²) in [5.41, 5.74) is 2.90. The van der Waals surface area contributed by atoms with Gasteiger partial charge in [-0.3, -0.25) is 4.90 Å². The highest BCUT2D eigenvalue weighted by atomic mass is 127. The lowest BCUT2D eigenvalue weighted by Crippen LogP contribution is -2.52. The number of nitrogens with one attached hydrogen (secondary N) is 1. The van der Waals surface area contributed by atoms with Crippen molar-refractivity contribution in [3.05, 3.63) is 59.2 Å². The third kappa shape index (κ3) is 7.00. The molecule has 0 aromatic heterocycles. The van der Waals surface area contributed by atoms with Gasteiger partial charge >= 0.3 is 0 Å². The summed E-state index contributed by atoms with van der Waals surface area (Å²) in [5, 5.41) is 12.4. The van der Waals surface area contributed by atoms with Crippen LogP contribution in [0.2, 0.25) is 0 Å². The van der Waals surface area contributed by atoms with E-state index in [2.05, 4.69) is 28.1 Å². The molecule has 1 heterocycles. The van der Waals surface area contributed by atoms with Gasteiger partial charge in [-0.05, 0) is 42.8 Å². The number of piperazine rings is 1. The number of nitriles is 1. The molecule has 1 saturated heterocycles. The lowest BCUT2D eigenvalue weighted by Gasteiger charge is -2.36. The second kappa shape index (κ2) is 13.1. The number of methoxy groups -OCH3 is 2. The largest absolute Gasteiger partial charge is 0.497 e. The molecule has 8 heteroatoms. The van der Waals surface area contributed by atoms with Gasteiger partial charge in [-0.15, -0.1) is 24.0 Å². The molecule has 0 radical (unpaired) electrons. The van der Waals surface area contributed by atoms with Gasteiger partial charge in [0.1, 0.15) is 11.5 Å². The molecule has 0 bridgehead atoms. The van der Waals surface area contributed by atoms with Crippen molar-refractivity contribution in [2.45, 2.75) is 20.0 Å². The summed E-state index contributed by atoms with van der Waals surface area (Å²) in [7, 11) is 3.39. The predicted octanol–water partition coefficient (Wildman–Crippen LogP) is 3.48. The van der Waals surface area contributed by atoms with Crippen molar-refractivity contribution in [3.63, 3.8) is 0 Å². The molecular formula is C24H32IN5O2. The number of nitrogens with zero attached hydrogens (tertiary/aromatic N) is 4. The van der Waals surface area contributed by atoms with E-state index in [1.807, 2.05) is 42.5 Å². The van der Waals surface area contributed by atoms with E-state index in [0.717, 1.165) is 67.9 Å². The molecule has 0 atom stereocenters. The van der Waals surface area contributed by atoms with E-state index in [1.54, 1.807) is 14.2 Å². The molecule has 0 spiro atoms. The van der Waals surface area contributed by atoms with Gasteiger partial charge in [-0.2, -0.15) is 5.26 Å². The van der Waals surface area contributed by atoms with E-state index in [9.17, 15) is 0 Å². The number of hydrogen-bond acceptors (Lipinski definition) is 5. The molecule has 32 heavy (non-hydrogen) atoms. The highest BCUT2D eigenvalue weighted by Crippen LogP contribution is 2.25. The van der Waals surface area contributed by atoms with Crippen LogP contribution >= 0.6 is 24.0 Å². The van der Waals surface area contributed by atoms with Crippen LogP contribution in [0, 0.1) is 11.3 Å². The summed E-state index contributed by atoms with van der Waals surface area (Å²) in [6.45, 7) is 8.04. The highest BCUT2D eigenvalue weighted by Gasteiger charge is 2.21. The number of ether oxygens (including phenoxy) is 2. The van der Waals surface area contributed by atoms with Gasteiger partial charge in [-0.1, -0.05) is 12.1 Å². The number of halogens is 1. The second-order valence-corrected chi connectivity index (χ2v) is 7.42. The van der Waals surface area contributed by atoms with Crippen molar-refractivity contribution in [1.82, 2.24) is 15.1 Å². The Kier molecular flexibility index (Phi) is 10.6. The van der Waals surface area contributed by atoms with E-state index in [1.165, 1.54) is 0 Å². The Labute approximate surface area is 208 Å². The van der Waals surface area contributed by atoms with Gasteiger partial charge in [0.15, 0.2) is 5.96 Å². The summed E-state index contributed by atoms with van der Waals surface area (Å²) in [5.74, 6) is 2.67. The summed E-state index contributed by atoms with van der Waals surface area (Å²) >= 11 is 0. The summed E-state index contributed by atoms with van der Waals surface area (Å²) in [6.07, 6.45) is 0. The molecule has 1 N–H and O–H groups in total. The minimum atomic E-state index is 0. The van der Waals surface area contributed by atoms with Gasteiger partial charge in [0.05, 0.1) is 32.4 Å². The third-order valence-corrected chi connectivity index (χ3v) is 5.38. The number of rotatable bonds is 7. The molecular weight excluding hydrogens is 517 g/mol. The average Bonchev–Trinajstić information content (AvgIpc) is 2.82. The smallest absolute Gasteiger partial charge is 0.194 e. The predicted molar refractivity (Wildman–Crippen MR) is 138 cm³/mol. The molecule has 0 saturated carbocycles. The topological polar surface area (TPSA) is 73.1 Å². The van der Waals surface area contributed by atoms with E-state index in [4.69, 9.17) is 19.7 Å². The number of aliphatic imine (C=N–C) groups is 1. The monoisotopic (exact) mass is 549 g/mol. The Morgan fingerprint density at radius 2 is 1.78 bits per heavy atom. The van der Waals surface area contributed by atoms with Crippen LogP contribution in [-0.4, -0.2) is 62.7 Å². The fourth-order valence-electron chi connectivity index (χ4n) is 3.64. The quantitative estimate of drug-likeness (QED) is 0.324. The van der Waals surface area contributed by atoms with Crippen LogP contribution in [0.3, 0.4) is 0 Å². The first-order valence-corrected chi connectivity index (χ1v) is 10.6. The van der Waals surface area contributed by atoms with Crippen LogP contribution < -0.4 is 14.8 Å². The van der Waals surface area contributed by atoms with Crippen molar-refractivity contribution in [2.24, 2.45) is 4.99 Å². The Bertz CT molecular complexity index is 919. The van der Waals surface area contributed by atoms with Gasteiger partial charge in [0, 0.05) is 44.8 Å². The highest BCUT2D eigenvalue weighted by molar-refractivity contribution is 14.0. The van der Waals surface area contributed by atoms with E-state index >= 15 is 0 Å². The Morgan fingerprint density at radius 1 is 1.06 bits per heavy atom. The molecule has 0 unspecified atom stereocenters. The zero-order chi connectivity index (χ0) is 22.1. The van der Waals surface area contributed by atoms with Crippen LogP contribution in [-0.2, 0) is 13.1 Å². The zero-order valence-corrected chi connectivity index (χ0v) is 21.3. The van der Waals surface area contributed by atoms with Crippen LogP contribution in [0.5, 0.6) is 11.5 Å². The molecule has 7 nitrogen and oxygen atoms in total. The van der Waals surface area contributed by atoms with Gasteiger partial charge in [0.2, 0.25) is 0 Å². The minimum Gasteiger partial charge on any atom is -0.497 e. The Morgan fingerprint density at radius 3 is 2.38 bits per heavy atom. The van der Waals surface area contributed by atoms with Crippen molar-refractivity contribution in [1.29, 1.82) is 5.26 Å². The minimum absolute atomic E-state index is 0. The maximum absolute atomic E-state index is 8.95. The van der Waals surface area contributed by atoms with Crippen LogP contribution in [0.1, 0.15) is 23.6 Å². The van der Waals surface area contributed by atoms with Crippen molar-refractivity contribution in [2.75, 3.05) is 46.9 Å². The first-order chi connectivity index (χ1) is 15.2.